The van der Waals surface area contributed by atoms with E-state index in [-0.39, 0.29) is 5.41 Å². The lowest BCUT2D eigenvalue weighted by Crippen LogP contribution is -2.42. The summed E-state index contributed by atoms with van der Waals surface area (Å²) in [6.45, 7) is 3.60. The van der Waals surface area contributed by atoms with E-state index in [1.165, 1.54) is 24.8 Å². The summed E-state index contributed by atoms with van der Waals surface area (Å²) in [5.41, 5.74) is 7.26. The van der Waals surface area contributed by atoms with Crippen molar-refractivity contribution in [2.45, 2.75) is 26.2 Å². The summed E-state index contributed by atoms with van der Waals surface area (Å²) in [6.07, 6.45) is 3.74. The fraction of sp³-hybridized carbons (Fsp3) is 0.538. The molecule has 0 spiro atoms. The monoisotopic (exact) mass is 205 g/mol. The number of ether oxygens (including phenoxy) is 1. The Labute approximate surface area is 91.4 Å². The summed E-state index contributed by atoms with van der Waals surface area (Å²) in [5, 5.41) is 0. The third-order valence-corrected chi connectivity index (χ3v) is 3.47. The molecule has 1 aliphatic rings. The van der Waals surface area contributed by atoms with Gasteiger partial charge in [-0.25, -0.2) is 0 Å². The van der Waals surface area contributed by atoms with Crippen molar-refractivity contribution in [3.8, 4) is 5.75 Å². The van der Waals surface area contributed by atoms with Crippen LogP contribution in [0, 0.1) is 12.3 Å². The molecule has 0 heterocycles. The SMILES string of the molecule is Cc1ccccc1OCC1(CN)CCC1. The van der Waals surface area contributed by atoms with Crippen LogP contribution in [0.25, 0.3) is 0 Å². The van der Waals surface area contributed by atoms with Gasteiger partial charge in [-0.05, 0) is 31.4 Å². The van der Waals surface area contributed by atoms with Crippen molar-refractivity contribution in [1.29, 1.82) is 0 Å². The van der Waals surface area contributed by atoms with Crippen molar-refractivity contribution < 1.29 is 4.74 Å². The van der Waals surface area contributed by atoms with E-state index in [1.807, 2.05) is 18.2 Å². The third kappa shape index (κ3) is 2.15. The molecule has 0 radical (unpaired) electrons. The third-order valence-electron chi connectivity index (χ3n) is 3.47. The van der Waals surface area contributed by atoms with E-state index in [1.54, 1.807) is 0 Å². The highest BCUT2D eigenvalue weighted by Crippen LogP contribution is 2.40. The smallest absolute Gasteiger partial charge is 0.122 e. The van der Waals surface area contributed by atoms with Crippen LogP contribution in [0.2, 0.25) is 0 Å². The molecule has 0 aromatic heterocycles. The number of hydrogen-bond acceptors (Lipinski definition) is 2. The van der Waals surface area contributed by atoms with Crippen LogP contribution >= 0.6 is 0 Å². The zero-order valence-electron chi connectivity index (χ0n) is 9.33. The first-order valence-electron chi connectivity index (χ1n) is 5.64. The van der Waals surface area contributed by atoms with Crippen LogP contribution in [0.1, 0.15) is 24.8 Å². The Morgan fingerprint density at radius 3 is 2.60 bits per heavy atom. The van der Waals surface area contributed by atoms with Crippen LogP contribution < -0.4 is 10.5 Å². The van der Waals surface area contributed by atoms with Gasteiger partial charge in [-0.2, -0.15) is 0 Å². The Morgan fingerprint density at radius 1 is 1.33 bits per heavy atom. The quantitative estimate of drug-likeness (QED) is 0.819. The van der Waals surface area contributed by atoms with E-state index in [2.05, 4.69) is 13.0 Å². The van der Waals surface area contributed by atoms with Crippen LogP contribution in [-0.4, -0.2) is 13.2 Å². The van der Waals surface area contributed by atoms with Gasteiger partial charge < -0.3 is 10.5 Å². The summed E-state index contributed by atoms with van der Waals surface area (Å²) in [4.78, 5) is 0. The van der Waals surface area contributed by atoms with Gasteiger partial charge in [0.15, 0.2) is 0 Å². The predicted octanol–water partition coefficient (Wildman–Crippen LogP) is 2.50. The molecule has 15 heavy (non-hydrogen) atoms. The average Bonchev–Trinajstić information content (AvgIpc) is 2.19. The summed E-state index contributed by atoms with van der Waals surface area (Å²) in [5.74, 6) is 0.997. The van der Waals surface area contributed by atoms with E-state index in [4.69, 9.17) is 10.5 Å². The molecular weight excluding hydrogens is 186 g/mol. The van der Waals surface area contributed by atoms with Gasteiger partial charge in [-0.1, -0.05) is 24.6 Å². The first-order chi connectivity index (χ1) is 7.26. The largest absolute Gasteiger partial charge is 0.493 e. The van der Waals surface area contributed by atoms with E-state index in [0.717, 1.165) is 18.9 Å². The second-order valence-electron chi connectivity index (χ2n) is 4.61. The highest BCUT2D eigenvalue weighted by molar-refractivity contribution is 5.31. The molecule has 0 atom stereocenters. The van der Waals surface area contributed by atoms with E-state index in [9.17, 15) is 0 Å². The number of hydrogen-bond donors (Lipinski definition) is 1. The lowest BCUT2D eigenvalue weighted by atomic mass is 9.69. The standard InChI is InChI=1S/C13H19NO/c1-11-5-2-3-6-12(11)15-10-13(9-14)7-4-8-13/h2-3,5-6H,4,7-10,14H2,1H3. The van der Waals surface area contributed by atoms with Crippen molar-refractivity contribution in [2.24, 2.45) is 11.1 Å². The Morgan fingerprint density at radius 2 is 2.07 bits per heavy atom. The number of rotatable bonds is 4. The first kappa shape index (κ1) is 10.5. The maximum Gasteiger partial charge on any atom is 0.122 e. The highest BCUT2D eigenvalue weighted by Gasteiger charge is 2.36. The molecule has 2 heteroatoms. The Hall–Kier alpha value is -1.02. The normalized spacial score (nSPS) is 18.3. The minimum atomic E-state index is 0.266. The Balaban J connectivity index is 1.95. The molecule has 0 unspecified atom stereocenters. The maximum atomic E-state index is 5.85. The number of aryl methyl sites for hydroxylation is 1. The van der Waals surface area contributed by atoms with Crippen molar-refractivity contribution in [2.75, 3.05) is 13.2 Å². The van der Waals surface area contributed by atoms with Crippen molar-refractivity contribution in [3.05, 3.63) is 29.8 Å². The molecule has 0 bridgehead atoms. The van der Waals surface area contributed by atoms with E-state index in [0.29, 0.717) is 0 Å². The molecule has 1 aromatic rings. The van der Waals surface area contributed by atoms with Crippen LogP contribution in [0.3, 0.4) is 0 Å². The number of para-hydroxylation sites is 1. The highest BCUT2D eigenvalue weighted by atomic mass is 16.5. The van der Waals surface area contributed by atoms with Crippen LogP contribution in [-0.2, 0) is 0 Å². The van der Waals surface area contributed by atoms with Gasteiger partial charge in [-0.3, -0.25) is 0 Å². The van der Waals surface area contributed by atoms with Crippen molar-refractivity contribution >= 4 is 0 Å². The van der Waals surface area contributed by atoms with E-state index >= 15 is 0 Å². The molecule has 82 valence electrons. The second-order valence-corrected chi connectivity index (χ2v) is 4.61. The molecule has 1 fully saturated rings. The molecule has 2 rings (SSSR count). The number of benzene rings is 1. The summed E-state index contributed by atoms with van der Waals surface area (Å²) < 4.78 is 5.85. The van der Waals surface area contributed by atoms with E-state index < -0.39 is 0 Å². The minimum Gasteiger partial charge on any atom is -0.493 e. The molecule has 1 saturated carbocycles. The summed E-state index contributed by atoms with van der Waals surface area (Å²) >= 11 is 0. The molecular formula is C13H19NO. The van der Waals surface area contributed by atoms with Crippen LogP contribution in [0.15, 0.2) is 24.3 Å². The second kappa shape index (κ2) is 4.23. The Bertz CT molecular complexity index is 326. The molecule has 1 aliphatic carbocycles. The lowest BCUT2D eigenvalue weighted by Gasteiger charge is -2.40. The van der Waals surface area contributed by atoms with Crippen LogP contribution in [0.5, 0.6) is 5.75 Å². The maximum absolute atomic E-state index is 5.85. The van der Waals surface area contributed by atoms with Crippen molar-refractivity contribution in [3.63, 3.8) is 0 Å². The fourth-order valence-corrected chi connectivity index (χ4v) is 2.03. The van der Waals surface area contributed by atoms with Crippen LogP contribution in [0.4, 0.5) is 0 Å². The topological polar surface area (TPSA) is 35.2 Å². The lowest BCUT2D eigenvalue weighted by molar-refractivity contribution is 0.0664. The molecule has 1 aromatic carbocycles. The van der Waals surface area contributed by atoms with Gasteiger partial charge in [0.25, 0.3) is 0 Å². The molecule has 2 N–H and O–H groups in total. The van der Waals surface area contributed by atoms with Gasteiger partial charge >= 0.3 is 0 Å². The van der Waals surface area contributed by atoms with Gasteiger partial charge in [0.2, 0.25) is 0 Å². The van der Waals surface area contributed by atoms with Gasteiger partial charge in [-0.15, -0.1) is 0 Å². The number of nitrogens with two attached hydrogens (primary N) is 1. The fourth-order valence-electron chi connectivity index (χ4n) is 2.03. The predicted molar refractivity (Wildman–Crippen MR) is 62.0 cm³/mol. The van der Waals surface area contributed by atoms with Crippen molar-refractivity contribution in [1.82, 2.24) is 0 Å². The molecule has 0 amide bonds. The molecule has 0 aliphatic heterocycles. The molecule has 2 nitrogen and oxygen atoms in total. The molecule has 0 saturated heterocycles. The minimum absolute atomic E-state index is 0.266. The summed E-state index contributed by atoms with van der Waals surface area (Å²) in [6, 6.07) is 8.14. The Kier molecular flexibility index (Phi) is 2.96. The van der Waals surface area contributed by atoms with Gasteiger partial charge in [0, 0.05) is 12.0 Å². The first-order valence-corrected chi connectivity index (χ1v) is 5.64. The van der Waals surface area contributed by atoms with Gasteiger partial charge in [0.1, 0.15) is 5.75 Å². The zero-order chi connectivity index (χ0) is 10.7. The zero-order valence-corrected chi connectivity index (χ0v) is 9.33. The summed E-state index contributed by atoms with van der Waals surface area (Å²) in [7, 11) is 0. The van der Waals surface area contributed by atoms with Gasteiger partial charge in [0.05, 0.1) is 6.61 Å². The average molecular weight is 205 g/mol.